The quantitative estimate of drug-likeness (QED) is 0.547. The predicted molar refractivity (Wildman–Crippen MR) is 129 cm³/mol. The second-order valence-corrected chi connectivity index (χ2v) is 12.5. The van der Waals surface area contributed by atoms with Gasteiger partial charge in [0.1, 0.15) is 0 Å². The first-order valence-electron chi connectivity index (χ1n) is 13.7. The van der Waals surface area contributed by atoms with Crippen LogP contribution in [0, 0.1) is 35.0 Å². The molecule has 2 N–H and O–H groups in total. The number of carbonyl (C=O) groups is 1. The van der Waals surface area contributed by atoms with Crippen LogP contribution in [0.4, 0.5) is 0 Å². The van der Waals surface area contributed by atoms with Crippen molar-refractivity contribution in [1.82, 2.24) is 10.6 Å². The Labute approximate surface area is 195 Å². The lowest BCUT2D eigenvalue weighted by Gasteiger charge is -2.54. The summed E-state index contributed by atoms with van der Waals surface area (Å²) in [6.07, 6.45) is 13.3. The summed E-state index contributed by atoms with van der Waals surface area (Å²) in [6, 6.07) is 0.951. The largest absolute Gasteiger partial charge is 0.372 e. The van der Waals surface area contributed by atoms with E-state index in [1.807, 2.05) is 0 Å². The van der Waals surface area contributed by atoms with Gasteiger partial charge in [-0.2, -0.15) is 0 Å². The number of piperidine rings is 1. The summed E-state index contributed by atoms with van der Waals surface area (Å²) < 4.78 is 6.59. The lowest BCUT2D eigenvalue weighted by molar-refractivity contribution is -0.121. The van der Waals surface area contributed by atoms with E-state index in [0.717, 1.165) is 49.2 Å². The van der Waals surface area contributed by atoms with E-state index in [1.54, 1.807) is 18.1 Å². The van der Waals surface area contributed by atoms with Gasteiger partial charge >= 0.3 is 0 Å². The highest BCUT2D eigenvalue weighted by atomic mass is 16.5. The maximum Gasteiger partial charge on any atom is 0.217 e. The molecule has 9 atom stereocenters. The van der Waals surface area contributed by atoms with Gasteiger partial charge in [-0.1, -0.05) is 25.8 Å². The molecule has 3 aliphatic carbocycles. The SMILES string of the molecule is CC(=O)N[C@H]1CC[C@@]2(C)[C@H](CC[C@H]3[C@@H]4CCC[C@@H]5NC[C@@H](C)C[C@H]5OC/C(C)=C\4C[C@@H]32)C1. The van der Waals surface area contributed by atoms with Crippen molar-refractivity contribution in [3.05, 3.63) is 11.1 Å². The normalized spacial score (nSPS) is 49.2. The predicted octanol–water partition coefficient (Wildman–Crippen LogP) is 5.23. The highest BCUT2D eigenvalue weighted by molar-refractivity contribution is 5.73. The number of amides is 1. The van der Waals surface area contributed by atoms with Gasteiger partial charge in [0, 0.05) is 19.0 Å². The van der Waals surface area contributed by atoms with Crippen LogP contribution < -0.4 is 10.6 Å². The highest BCUT2D eigenvalue weighted by Gasteiger charge is 2.55. The summed E-state index contributed by atoms with van der Waals surface area (Å²) in [5.74, 6) is 4.12. The van der Waals surface area contributed by atoms with Gasteiger partial charge in [0.15, 0.2) is 0 Å². The van der Waals surface area contributed by atoms with Gasteiger partial charge in [-0.25, -0.2) is 0 Å². The fraction of sp³-hybridized carbons (Fsp3) is 0.893. The third-order valence-corrected chi connectivity index (χ3v) is 10.5. The minimum absolute atomic E-state index is 0.143. The number of allylic oxidation sites excluding steroid dienone is 1. The Morgan fingerprint density at radius 3 is 2.81 bits per heavy atom. The molecule has 4 fully saturated rings. The van der Waals surface area contributed by atoms with E-state index in [4.69, 9.17) is 4.74 Å². The van der Waals surface area contributed by atoms with E-state index < -0.39 is 0 Å². The summed E-state index contributed by atoms with van der Waals surface area (Å²) in [5, 5.41) is 7.04. The minimum atomic E-state index is 0.143. The standard InChI is InChI=1S/C28H46N2O2/c1-17-12-27-26(29-15-17)7-5-6-22-23-9-8-20-13-21(30-19(3)31)10-11-28(20,4)25(23)14-24(22)18(2)16-32-27/h17,20-23,25-27,29H,5-16H2,1-4H3,(H,30,31)/b24-18-/t17-,20+,21-,22-,23-,25-,26-,27+,28-/m0/s1. The van der Waals surface area contributed by atoms with E-state index >= 15 is 0 Å². The molecule has 0 bridgehead atoms. The van der Waals surface area contributed by atoms with Crippen LogP contribution in [-0.2, 0) is 9.53 Å². The molecule has 5 aliphatic rings. The van der Waals surface area contributed by atoms with E-state index in [0.29, 0.717) is 23.6 Å². The average Bonchev–Trinajstić information content (AvgIpc) is 3.13. The van der Waals surface area contributed by atoms with Gasteiger partial charge in [0.2, 0.25) is 5.91 Å². The number of fused-ring (bicyclic) bond motifs is 6. The summed E-state index contributed by atoms with van der Waals surface area (Å²) >= 11 is 0. The van der Waals surface area contributed by atoms with Gasteiger partial charge in [-0.05, 0) is 112 Å². The molecule has 5 rings (SSSR count). The molecule has 0 aromatic carbocycles. The summed E-state index contributed by atoms with van der Waals surface area (Å²) in [7, 11) is 0. The lowest BCUT2D eigenvalue weighted by Crippen LogP contribution is -2.50. The van der Waals surface area contributed by atoms with Crippen LogP contribution >= 0.6 is 0 Å². The Morgan fingerprint density at radius 2 is 2.00 bits per heavy atom. The third kappa shape index (κ3) is 4.19. The molecule has 2 heterocycles. The van der Waals surface area contributed by atoms with Crippen molar-refractivity contribution in [1.29, 1.82) is 0 Å². The van der Waals surface area contributed by atoms with Crippen LogP contribution in [-0.4, -0.2) is 37.2 Å². The topological polar surface area (TPSA) is 50.4 Å². The van der Waals surface area contributed by atoms with Crippen molar-refractivity contribution in [2.24, 2.45) is 35.0 Å². The van der Waals surface area contributed by atoms with Crippen molar-refractivity contribution in [3.8, 4) is 0 Å². The molecule has 180 valence electrons. The Kier molecular flexibility index (Phi) is 6.48. The molecule has 32 heavy (non-hydrogen) atoms. The second-order valence-electron chi connectivity index (χ2n) is 12.5. The molecule has 3 saturated carbocycles. The van der Waals surface area contributed by atoms with Crippen molar-refractivity contribution < 1.29 is 9.53 Å². The second kappa shape index (κ2) is 9.06. The molecule has 0 aromatic rings. The molecule has 4 nitrogen and oxygen atoms in total. The minimum Gasteiger partial charge on any atom is -0.372 e. The molecule has 0 unspecified atom stereocenters. The Hall–Kier alpha value is -0.870. The van der Waals surface area contributed by atoms with E-state index in [1.165, 1.54) is 57.8 Å². The monoisotopic (exact) mass is 442 g/mol. The Bertz CT molecular complexity index is 748. The summed E-state index contributed by atoms with van der Waals surface area (Å²) in [6.45, 7) is 11.0. The fourth-order valence-corrected chi connectivity index (χ4v) is 8.73. The average molecular weight is 443 g/mol. The van der Waals surface area contributed by atoms with Crippen LogP contribution in [0.5, 0.6) is 0 Å². The maximum atomic E-state index is 11.6. The first kappa shape index (κ1) is 22.9. The molecule has 4 heteroatoms. The molecule has 2 aliphatic heterocycles. The van der Waals surface area contributed by atoms with Crippen LogP contribution in [0.1, 0.15) is 91.9 Å². The maximum absolute atomic E-state index is 11.6. The molecule has 1 saturated heterocycles. The van der Waals surface area contributed by atoms with E-state index in [-0.39, 0.29) is 5.91 Å². The first-order chi connectivity index (χ1) is 15.3. The molecular formula is C28H46N2O2. The number of hydrogen-bond acceptors (Lipinski definition) is 3. The number of nitrogens with one attached hydrogen (secondary N) is 2. The third-order valence-electron chi connectivity index (χ3n) is 10.5. The van der Waals surface area contributed by atoms with Gasteiger partial charge < -0.3 is 15.4 Å². The number of ether oxygens (including phenoxy) is 1. The van der Waals surface area contributed by atoms with Gasteiger partial charge in [-0.3, -0.25) is 4.79 Å². The molecule has 1 amide bonds. The zero-order valence-corrected chi connectivity index (χ0v) is 20.9. The number of hydrogen-bond donors (Lipinski definition) is 2. The van der Waals surface area contributed by atoms with Crippen molar-refractivity contribution in [3.63, 3.8) is 0 Å². The summed E-state index contributed by atoms with van der Waals surface area (Å²) in [4.78, 5) is 11.6. The number of carbonyl (C=O) groups excluding carboxylic acids is 1. The molecule has 0 aromatic heterocycles. The molecule has 0 spiro atoms. The fourth-order valence-electron chi connectivity index (χ4n) is 8.73. The van der Waals surface area contributed by atoms with Crippen LogP contribution in [0.15, 0.2) is 11.1 Å². The Balaban J connectivity index is 1.34. The van der Waals surface area contributed by atoms with Gasteiger partial charge in [0.05, 0.1) is 12.7 Å². The van der Waals surface area contributed by atoms with Crippen molar-refractivity contribution in [2.45, 2.75) is 110 Å². The highest BCUT2D eigenvalue weighted by Crippen LogP contribution is 2.63. The molecule has 0 radical (unpaired) electrons. The van der Waals surface area contributed by atoms with Gasteiger partial charge in [-0.15, -0.1) is 0 Å². The van der Waals surface area contributed by atoms with Crippen LogP contribution in [0.3, 0.4) is 0 Å². The lowest BCUT2D eigenvalue weighted by atomic mass is 9.52. The van der Waals surface area contributed by atoms with E-state index in [2.05, 4.69) is 31.4 Å². The smallest absolute Gasteiger partial charge is 0.217 e. The van der Waals surface area contributed by atoms with Gasteiger partial charge in [0.25, 0.3) is 0 Å². The summed E-state index contributed by atoms with van der Waals surface area (Å²) in [5.41, 5.74) is 3.78. The van der Waals surface area contributed by atoms with Crippen molar-refractivity contribution >= 4 is 5.91 Å². The zero-order valence-electron chi connectivity index (χ0n) is 20.9. The van der Waals surface area contributed by atoms with Crippen LogP contribution in [0.25, 0.3) is 0 Å². The zero-order chi connectivity index (χ0) is 22.5. The Morgan fingerprint density at radius 1 is 1.16 bits per heavy atom. The molecular weight excluding hydrogens is 396 g/mol. The van der Waals surface area contributed by atoms with Crippen LogP contribution in [0.2, 0.25) is 0 Å². The number of rotatable bonds is 1. The van der Waals surface area contributed by atoms with Crippen molar-refractivity contribution in [2.75, 3.05) is 13.2 Å². The van der Waals surface area contributed by atoms with E-state index in [9.17, 15) is 4.79 Å². The first-order valence-corrected chi connectivity index (χ1v) is 13.7.